The summed E-state index contributed by atoms with van der Waals surface area (Å²) in [4.78, 5) is 14.4. The Hall–Kier alpha value is -2.88. The Morgan fingerprint density at radius 1 is 1.18 bits per heavy atom. The van der Waals surface area contributed by atoms with Gasteiger partial charge in [-0.25, -0.2) is 4.98 Å². The largest absolute Gasteiger partial charge is 0.439 e. The Labute approximate surface area is 158 Å². The monoisotopic (exact) mass is 397 g/mol. The maximum Gasteiger partial charge on any atom is 0.417 e. The summed E-state index contributed by atoms with van der Waals surface area (Å²) in [5.74, 6) is 0.143. The lowest BCUT2D eigenvalue weighted by Gasteiger charge is -2.27. The van der Waals surface area contributed by atoms with Crippen molar-refractivity contribution in [2.45, 2.75) is 44.0 Å². The van der Waals surface area contributed by atoms with Gasteiger partial charge in [0.05, 0.1) is 16.6 Å². The Bertz CT molecular complexity index is 835. The Balaban J connectivity index is 1.77. The summed E-state index contributed by atoms with van der Waals surface area (Å²) in [5.41, 5.74) is -0.792. The van der Waals surface area contributed by atoms with Crippen LogP contribution in [-0.4, -0.2) is 27.2 Å². The molecule has 0 amide bonds. The van der Waals surface area contributed by atoms with Crippen molar-refractivity contribution in [3.8, 4) is 11.6 Å². The predicted octanol–water partition coefficient (Wildman–Crippen LogP) is 4.52. The van der Waals surface area contributed by atoms with Crippen LogP contribution in [0.25, 0.3) is 0 Å². The molecule has 0 spiro atoms. The number of aliphatic hydroxyl groups excluding tert-OH is 1. The lowest BCUT2D eigenvalue weighted by atomic mass is 9.93. The van der Waals surface area contributed by atoms with Gasteiger partial charge >= 0.3 is 6.18 Å². The van der Waals surface area contributed by atoms with Crippen LogP contribution in [0.1, 0.15) is 31.2 Å². The number of nitro groups is 1. The zero-order valence-electron chi connectivity index (χ0n) is 14.6. The molecule has 10 heteroatoms. The van der Waals surface area contributed by atoms with Gasteiger partial charge in [0, 0.05) is 30.4 Å². The van der Waals surface area contributed by atoms with Crippen molar-refractivity contribution in [3.05, 3.63) is 52.2 Å². The SMILES string of the molecule is O=[N+]([O-])c1ccc(Oc2ccc(C(F)(F)F)cn2)cc1N[C@H]1CC[C@@H](O)CC1. The molecule has 0 atom stereocenters. The molecule has 0 bridgehead atoms. The molecule has 7 nitrogen and oxygen atoms in total. The van der Waals surface area contributed by atoms with E-state index in [2.05, 4.69) is 10.3 Å². The second-order valence-electron chi connectivity index (χ2n) is 6.57. The number of rotatable bonds is 5. The highest BCUT2D eigenvalue weighted by molar-refractivity contribution is 5.65. The number of pyridine rings is 1. The Morgan fingerprint density at radius 2 is 1.89 bits per heavy atom. The molecule has 0 aliphatic heterocycles. The van der Waals surface area contributed by atoms with E-state index in [-0.39, 0.29) is 35.2 Å². The quantitative estimate of drug-likeness (QED) is 0.569. The van der Waals surface area contributed by atoms with Crippen molar-refractivity contribution in [1.82, 2.24) is 4.98 Å². The number of nitrogens with one attached hydrogen (secondary N) is 1. The maximum absolute atomic E-state index is 12.6. The van der Waals surface area contributed by atoms with Crippen molar-refractivity contribution in [2.24, 2.45) is 0 Å². The van der Waals surface area contributed by atoms with E-state index >= 15 is 0 Å². The van der Waals surface area contributed by atoms with Crippen LogP contribution in [0.2, 0.25) is 0 Å². The molecule has 1 aromatic heterocycles. The van der Waals surface area contributed by atoms with Crippen LogP contribution in [0.4, 0.5) is 24.5 Å². The van der Waals surface area contributed by atoms with E-state index in [1.807, 2.05) is 0 Å². The summed E-state index contributed by atoms with van der Waals surface area (Å²) >= 11 is 0. The lowest BCUT2D eigenvalue weighted by molar-refractivity contribution is -0.384. The van der Waals surface area contributed by atoms with Crippen LogP contribution in [0, 0.1) is 10.1 Å². The maximum atomic E-state index is 12.6. The van der Waals surface area contributed by atoms with Crippen LogP contribution in [0.15, 0.2) is 36.5 Å². The fourth-order valence-corrected chi connectivity index (χ4v) is 3.02. The average Bonchev–Trinajstić information content (AvgIpc) is 2.63. The third kappa shape index (κ3) is 4.89. The molecule has 1 saturated carbocycles. The van der Waals surface area contributed by atoms with Gasteiger partial charge in [-0.3, -0.25) is 10.1 Å². The Kier molecular flexibility index (Phi) is 5.68. The van der Waals surface area contributed by atoms with Crippen LogP contribution in [0.5, 0.6) is 11.6 Å². The van der Waals surface area contributed by atoms with E-state index in [1.54, 1.807) is 0 Å². The molecular formula is C18H18F3N3O4. The molecule has 1 fully saturated rings. The summed E-state index contributed by atoms with van der Waals surface area (Å²) < 4.78 is 43.2. The summed E-state index contributed by atoms with van der Waals surface area (Å²) in [5, 5.41) is 24.0. The molecule has 2 aromatic rings. The van der Waals surface area contributed by atoms with Crippen molar-refractivity contribution in [1.29, 1.82) is 0 Å². The van der Waals surface area contributed by atoms with Crippen LogP contribution in [0.3, 0.4) is 0 Å². The molecule has 0 unspecified atom stereocenters. The number of nitrogens with zero attached hydrogens (tertiary/aromatic N) is 2. The minimum atomic E-state index is -4.50. The first-order valence-electron chi connectivity index (χ1n) is 8.66. The van der Waals surface area contributed by atoms with Crippen molar-refractivity contribution < 1.29 is 27.9 Å². The highest BCUT2D eigenvalue weighted by Gasteiger charge is 2.30. The number of ether oxygens (including phenoxy) is 1. The summed E-state index contributed by atoms with van der Waals surface area (Å²) in [7, 11) is 0. The number of nitro benzene ring substituents is 1. The smallest absolute Gasteiger partial charge is 0.417 e. The van der Waals surface area contributed by atoms with Gasteiger partial charge in [-0.1, -0.05) is 0 Å². The van der Waals surface area contributed by atoms with Crippen molar-refractivity contribution in [3.63, 3.8) is 0 Å². The number of anilines is 1. The van der Waals surface area contributed by atoms with Crippen LogP contribution in [-0.2, 0) is 6.18 Å². The third-order valence-corrected chi connectivity index (χ3v) is 4.51. The van der Waals surface area contributed by atoms with Gasteiger partial charge in [0.25, 0.3) is 5.69 Å². The van der Waals surface area contributed by atoms with E-state index in [4.69, 9.17) is 4.74 Å². The zero-order valence-corrected chi connectivity index (χ0v) is 14.6. The van der Waals surface area contributed by atoms with E-state index in [9.17, 15) is 28.4 Å². The molecule has 1 aliphatic rings. The molecule has 2 N–H and O–H groups in total. The number of aromatic nitrogens is 1. The van der Waals surface area contributed by atoms with E-state index in [0.29, 0.717) is 31.9 Å². The van der Waals surface area contributed by atoms with Gasteiger partial charge in [-0.2, -0.15) is 13.2 Å². The standard InChI is InChI=1S/C18H18F3N3O4/c19-18(20,21)11-1-8-17(22-10-11)28-14-6-7-16(24(26)27)15(9-14)23-12-2-4-13(25)5-3-12/h1,6-10,12-13,23,25H,2-5H2/t12-,13+. The van der Waals surface area contributed by atoms with Crippen LogP contribution >= 0.6 is 0 Å². The summed E-state index contributed by atoms with van der Waals surface area (Å²) in [6.07, 6.45) is -1.63. The number of alkyl halides is 3. The van der Waals surface area contributed by atoms with Gasteiger partial charge in [0.2, 0.25) is 5.88 Å². The average molecular weight is 397 g/mol. The van der Waals surface area contributed by atoms with Gasteiger partial charge < -0.3 is 15.2 Å². The third-order valence-electron chi connectivity index (χ3n) is 4.51. The van der Waals surface area contributed by atoms with Crippen molar-refractivity contribution >= 4 is 11.4 Å². The second-order valence-corrected chi connectivity index (χ2v) is 6.57. The molecule has 1 heterocycles. The van der Waals surface area contributed by atoms with E-state index < -0.39 is 16.7 Å². The molecule has 1 aromatic carbocycles. The van der Waals surface area contributed by atoms with Gasteiger partial charge in [-0.15, -0.1) is 0 Å². The first-order chi connectivity index (χ1) is 13.2. The van der Waals surface area contributed by atoms with E-state index in [1.165, 1.54) is 18.2 Å². The first kappa shape index (κ1) is 19.9. The normalized spacial score (nSPS) is 19.9. The van der Waals surface area contributed by atoms with Gasteiger partial charge in [0.15, 0.2) is 0 Å². The topological polar surface area (TPSA) is 97.5 Å². The predicted molar refractivity (Wildman–Crippen MR) is 94.3 cm³/mol. The number of hydrogen-bond acceptors (Lipinski definition) is 6. The highest BCUT2D eigenvalue weighted by Crippen LogP contribution is 2.34. The van der Waals surface area contributed by atoms with Gasteiger partial charge in [-0.05, 0) is 37.8 Å². The highest BCUT2D eigenvalue weighted by atomic mass is 19.4. The molecule has 150 valence electrons. The lowest BCUT2D eigenvalue weighted by Crippen LogP contribution is -2.28. The van der Waals surface area contributed by atoms with Gasteiger partial charge in [0.1, 0.15) is 11.4 Å². The fourth-order valence-electron chi connectivity index (χ4n) is 3.02. The minimum absolute atomic E-state index is 0.0263. The molecule has 0 saturated heterocycles. The Morgan fingerprint density at radius 3 is 2.46 bits per heavy atom. The number of halogens is 3. The first-order valence-corrected chi connectivity index (χ1v) is 8.66. The molecule has 28 heavy (non-hydrogen) atoms. The molecule has 0 radical (unpaired) electrons. The molecular weight excluding hydrogens is 379 g/mol. The zero-order chi connectivity index (χ0) is 20.3. The van der Waals surface area contributed by atoms with E-state index in [0.717, 1.165) is 12.1 Å². The van der Waals surface area contributed by atoms with Crippen LogP contribution < -0.4 is 10.1 Å². The molecule has 1 aliphatic carbocycles. The van der Waals surface area contributed by atoms with Crippen molar-refractivity contribution in [2.75, 3.05) is 5.32 Å². The number of aliphatic hydroxyl groups is 1. The number of benzene rings is 1. The summed E-state index contributed by atoms with van der Waals surface area (Å²) in [6, 6.07) is 5.94. The summed E-state index contributed by atoms with van der Waals surface area (Å²) in [6.45, 7) is 0. The minimum Gasteiger partial charge on any atom is -0.439 e. The number of hydrogen-bond donors (Lipinski definition) is 2. The second kappa shape index (κ2) is 8.01. The molecule has 3 rings (SSSR count). The fraction of sp³-hybridized carbons (Fsp3) is 0.389.